The molecule has 56 valence electrons. The maximum absolute atomic E-state index is 8.53. The maximum Gasteiger partial charge on any atom is 0.0492 e. The molecule has 0 aliphatic carbocycles. The minimum absolute atomic E-state index is 0.255. The number of aliphatic hydroxyl groups is 1. The smallest absolute Gasteiger partial charge is 0.0492 e. The van der Waals surface area contributed by atoms with Gasteiger partial charge in [-0.3, -0.25) is 4.68 Å². The SMILES string of the molecule is Cn1nccc1CCCO. The number of hydrogen-bond donors (Lipinski definition) is 1. The van der Waals surface area contributed by atoms with Gasteiger partial charge in [-0.2, -0.15) is 5.10 Å². The molecule has 1 aromatic heterocycles. The molecule has 10 heavy (non-hydrogen) atoms. The van der Waals surface area contributed by atoms with E-state index in [-0.39, 0.29) is 6.61 Å². The first kappa shape index (κ1) is 7.28. The van der Waals surface area contributed by atoms with Gasteiger partial charge in [-0.25, -0.2) is 0 Å². The second-order valence-corrected chi connectivity index (χ2v) is 2.27. The third-order valence-electron chi connectivity index (χ3n) is 1.51. The molecule has 0 spiro atoms. The molecule has 0 bridgehead atoms. The summed E-state index contributed by atoms with van der Waals surface area (Å²) < 4.78 is 1.83. The summed E-state index contributed by atoms with van der Waals surface area (Å²) in [7, 11) is 1.91. The molecule has 3 nitrogen and oxygen atoms in total. The lowest BCUT2D eigenvalue weighted by Gasteiger charge is -1.97. The van der Waals surface area contributed by atoms with Crippen LogP contribution in [-0.2, 0) is 13.5 Å². The van der Waals surface area contributed by atoms with E-state index in [0.717, 1.165) is 12.8 Å². The van der Waals surface area contributed by atoms with Gasteiger partial charge in [0.1, 0.15) is 0 Å². The molecule has 0 fully saturated rings. The predicted octanol–water partition coefficient (Wildman–Crippen LogP) is 0.345. The molecule has 0 saturated carbocycles. The second kappa shape index (κ2) is 3.37. The second-order valence-electron chi connectivity index (χ2n) is 2.27. The van der Waals surface area contributed by atoms with Crippen molar-refractivity contribution in [3.8, 4) is 0 Å². The number of nitrogens with zero attached hydrogens (tertiary/aromatic N) is 2. The highest BCUT2D eigenvalue weighted by Gasteiger charge is 1.95. The molecule has 0 amide bonds. The van der Waals surface area contributed by atoms with Crippen LogP contribution in [0.2, 0.25) is 0 Å². The molecule has 0 unspecified atom stereocenters. The van der Waals surface area contributed by atoms with E-state index in [1.807, 2.05) is 17.8 Å². The van der Waals surface area contributed by atoms with Crippen molar-refractivity contribution < 1.29 is 5.11 Å². The Hall–Kier alpha value is -0.830. The summed E-state index contributed by atoms with van der Waals surface area (Å²) in [5.41, 5.74) is 1.18. The van der Waals surface area contributed by atoms with Crippen LogP contribution in [0.3, 0.4) is 0 Å². The maximum atomic E-state index is 8.53. The summed E-state index contributed by atoms with van der Waals surface area (Å²) >= 11 is 0. The Morgan fingerprint density at radius 1 is 1.70 bits per heavy atom. The molecule has 0 atom stereocenters. The lowest BCUT2D eigenvalue weighted by atomic mass is 10.2. The quantitative estimate of drug-likeness (QED) is 0.657. The molecule has 3 heteroatoms. The van der Waals surface area contributed by atoms with Crippen LogP contribution < -0.4 is 0 Å². The van der Waals surface area contributed by atoms with E-state index in [9.17, 15) is 0 Å². The molecule has 0 aliphatic rings. The van der Waals surface area contributed by atoms with Crippen molar-refractivity contribution >= 4 is 0 Å². The van der Waals surface area contributed by atoms with Crippen molar-refractivity contribution in [2.24, 2.45) is 7.05 Å². The third-order valence-corrected chi connectivity index (χ3v) is 1.51. The first-order chi connectivity index (χ1) is 4.84. The molecule has 0 radical (unpaired) electrons. The highest BCUT2D eigenvalue weighted by atomic mass is 16.2. The van der Waals surface area contributed by atoms with Gasteiger partial charge in [-0.1, -0.05) is 0 Å². The van der Waals surface area contributed by atoms with Gasteiger partial charge in [-0.05, 0) is 18.9 Å². The van der Waals surface area contributed by atoms with Crippen LogP contribution in [0.15, 0.2) is 12.3 Å². The standard InChI is InChI=1S/C7H12N2O/c1-9-7(3-2-6-10)4-5-8-9/h4-5,10H,2-3,6H2,1H3. The monoisotopic (exact) mass is 140 g/mol. The summed E-state index contributed by atoms with van der Waals surface area (Å²) in [6.45, 7) is 0.255. The molecule has 0 saturated heterocycles. The van der Waals surface area contributed by atoms with Crippen molar-refractivity contribution in [2.75, 3.05) is 6.61 Å². The molecule has 1 rings (SSSR count). The molecule has 0 aromatic carbocycles. The lowest BCUT2D eigenvalue weighted by molar-refractivity contribution is 0.287. The minimum atomic E-state index is 0.255. The van der Waals surface area contributed by atoms with Gasteiger partial charge in [0.25, 0.3) is 0 Å². The zero-order valence-corrected chi connectivity index (χ0v) is 6.12. The lowest BCUT2D eigenvalue weighted by Crippen LogP contribution is -1.98. The number of hydrogen-bond acceptors (Lipinski definition) is 2. The van der Waals surface area contributed by atoms with Gasteiger partial charge < -0.3 is 5.11 Å². The molecule has 1 N–H and O–H groups in total. The molecular weight excluding hydrogens is 128 g/mol. The molecule has 0 aliphatic heterocycles. The van der Waals surface area contributed by atoms with Crippen LogP contribution in [0.4, 0.5) is 0 Å². The van der Waals surface area contributed by atoms with E-state index in [4.69, 9.17) is 5.11 Å². The Morgan fingerprint density at radius 3 is 3.00 bits per heavy atom. The summed E-state index contributed by atoms with van der Waals surface area (Å²) in [5, 5.41) is 12.5. The van der Waals surface area contributed by atoms with E-state index >= 15 is 0 Å². The topological polar surface area (TPSA) is 38.0 Å². The van der Waals surface area contributed by atoms with Gasteiger partial charge in [0.2, 0.25) is 0 Å². The Balaban J connectivity index is 2.49. The van der Waals surface area contributed by atoms with Crippen molar-refractivity contribution in [1.82, 2.24) is 9.78 Å². The summed E-state index contributed by atoms with van der Waals surface area (Å²) in [6, 6.07) is 1.97. The van der Waals surface area contributed by atoms with Crippen molar-refractivity contribution in [3.63, 3.8) is 0 Å². The minimum Gasteiger partial charge on any atom is -0.396 e. The Kier molecular flexibility index (Phi) is 2.45. The Morgan fingerprint density at radius 2 is 2.50 bits per heavy atom. The van der Waals surface area contributed by atoms with Crippen LogP contribution in [-0.4, -0.2) is 21.5 Å². The van der Waals surface area contributed by atoms with E-state index < -0.39 is 0 Å². The first-order valence-electron chi connectivity index (χ1n) is 3.42. The molecular formula is C7H12N2O. The fourth-order valence-electron chi connectivity index (χ4n) is 0.907. The molecule has 1 heterocycles. The summed E-state index contributed by atoms with van der Waals surface area (Å²) in [4.78, 5) is 0. The molecule has 1 aromatic rings. The highest BCUT2D eigenvalue weighted by Crippen LogP contribution is 1.99. The van der Waals surface area contributed by atoms with Crippen molar-refractivity contribution in [2.45, 2.75) is 12.8 Å². The highest BCUT2D eigenvalue weighted by molar-refractivity contribution is 4.99. The summed E-state index contributed by atoms with van der Waals surface area (Å²) in [6.07, 6.45) is 3.50. The van der Waals surface area contributed by atoms with Crippen molar-refractivity contribution in [3.05, 3.63) is 18.0 Å². The Bertz CT molecular complexity index is 195. The number of aliphatic hydroxyl groups excluding tert-OH is 1. The van der Waals surface area contributed by atoms with Crippen LogP contribution >= 0.6 is 0 Å². The predicted molar refractivity (Wildman–Crippen MR) is 38.6 cm³/mol. The van der Waals surface area contributed by atoms with Gasteiger partial charge in [0.15, 0.2) is 0 Å². The van der Waals surface area contributed by atoms with Crippen LogP contribution in [0.5, 0.6) is 0 Å². The number of aryl methyl sites for hydroxylation is 2. The fourth-order valence-corrected chi connectivity index (χ4v) is 0.907. The van der Waals surface area contributed by atoms with Gasteiger partial charge in [0.05, 0.1) is 0 Å². The van der Waals surface area contributed by atoms with Crippen LogP contribution in [0, 0.1) is 0 Å². The Labute approximate surface area is 60.3 Å². The number of aromatic nitrogens is 2. The first-order valence-corrected chi connectivity index (χ1v) is 3.42. The van der Waals surface area contributed by atoms with Gasteiger partial charge >= 0.3 is 0 Å². The van der Waals surface area contributed by atoms with E-state index in [2.05, 4.69) is 5.10 Å². The average Bonchev–Trinajstić information content (AvgIpc) is 2.31. The number of rotatable bonds is 3. The van der Waals surface area contributed by atoms with Gasteiger partial charge in [-0.15, -0.1) is 0 Å². The average molecular weight is 140 g/mol. The zero-order chi connectivity index (χ0) is 7.40. The zero-order valence-electron chi connectivity index (χ0n) is 6.12. The van der Waals surface area contributed by atoms with Gasteiger partial charge in [0, 0.05) is 25.5 Å². The summed E-state index contributed by atoms with van der Waals surface area (Å²) in [5.74, 6) is 0. The van der Waals surface area contributed by atoms with Crippen LogP contribution in [0.25, 0.3) is 0 Å². The van der Waals surface area contributed by atoms with E-state index in [1.54, 1.807) is 6.20 Å². The van der Waals surface area contributed by atoms with Crippen molar-refractivity contribution in [1.29, 1.82) is 0 Å². The fraction of sp³-hybridized carbons (Fsp3) is 0.571. The largest absolute Gasteiger partial charge is 0.396 e. The third kappa shape index (κ3) is 1.57. The van der Waals surface area contributed by atoms with E-state index in [1.165, 1.54) is 5.69 Å². The van der Waals surface area contributed by atoms with Crippen LogP contribution in [0.1, 0.15) is 12.1 Å². The van der Waals surface area contributed by atoms with E-state index in [0.29, 0.717) is 0 Å². The normalized spacial score (nSPS) is 10.2.